The zero-order valence-electron chi connectivity index (χ0n) is 9.13. The Labute approximate surface area is 109 Å². The fourth-order valence-electron chi connectivity index (χ4n) is 1.30. The first-order valence-electron chi connectivity index (χ1n) is 5.04. The Morgan fingerprint density at radius 1 is 1.38 bits per heavy atom. The number of halogens is 2. The van der Waals surface area contributed by atoms with E-state index in [2.05, 4.69) is 5.32 Å². The van der Waals surface area contributed by atoms with Crippen molar-refractivity contribution in [2.24, 2.45) is 0 Å². The minimum absolute atomic E-state index is 0.690. The van der Waals surface area contributed by atoms with E-state index in [1.807, 2.05) is 6.07 Å². The van der Waals surface area contributed by atoms with E-state index in [9.17, 15) is 4.21 Å². The zero-order valence-corrected chi connectivity index (χ0v) is 11.5. The highest BCUT2D eigenvalue weighted by atomic mass is 35.5. The molecule has 0 saturated heterocycles. The molecule has 0 aliphatic carbocycles. The Morgan fingerprint density at radius 3 is 2.81 bits per heavy atom. The van der Waals surface area contributed by atoms with Crippen LogP contribution in [0.4, 0.5) is 0 Å². The van der Waals surface area contributed by atoms with Crippen molar-refractivity contribution >= 4 is 34.0 Å². The molecule has 1 aromatic rings. The lowest BCUT2D eigenvalue weighted by Gasteiger charge is -2.06. The average Bonchev–Trinajstić information content (AvgIpc) is 2.22. The van der Waals surface area contributed by atoms with Crippen LogP contribution in [0, 0.1) is 0 Å². The van der Waals surface area contributed by atoms with Gasteiger partial charge in [-0.05, 0) is 36.7 Å². The molecule has 0 amide bonds. The highest BCUT2D eigenvalue weighted by Crippen LogP contribution is 2.20. The van der Waals surface area contributed by atoms with Crippen LogP contribution in [0.2, 0.25) is 10.0 Å². The minimum atomic E-state index is -0.709. The highest BCUT2D eigenvalue weighted by molar-refractivity contribution is 7.84. The molecule has 0 fully saturated rings. The van der Waals surface area contributed by atoms with Crippen LogP contribution in [0.15, 0.2) is 18.2 Å². The van der Waals surface area contributed by atoms with Crippen LogP contribution in [0.5, 0.6) is 0 Å². The molecule has 1 unspecified atom stereocenters. The van der Waals surface area contributed by atoms with Gasteiger partial charge in [0.05, 0.1) is 0 Å². The number of rotatable bonds is 6. The third kappa shape index (κ3) is 5.30. The van der Waals surface area contributed by atoms with Crippen LogP contribution in [-0.4, -0.2) is 22.8 Å². The van der Waals surface area contributed by atoms with Crippen LogP contribution >= 0.6 is 23.2 Å². The predicted octanol–water partition coefficient (Wildman–Crippen LogP) is 2.85. The number of hydrogen-bond acceptors (Lipinski definition) is 2. The molecule has 0 spiro atoms. The first-order valence-corrected chi connectivity index (χ1v) is 7.52. The van der Waals surface area contributed by atoms with E-state index < -0.39 is 10.8 Å². The smallest absolute Gasteiger partial charge is 0.0451 e. The van der Waals surface area contributed by atoms with Crippen LogP contribution in [-0.2, 0) is 17.3 Å². The molecule has 16 heavy (non-hydrogen) atoms. The molecule has 0 heterocycles. The Bertz CT molecular complexity index is 371. The molecule has 1 rings (SSSR count). The van der Waals surface area contributed by atoms with E-state index in [-0.39, 0.29) is 0 Å². The van der Waals surface area contributed by atoms with Gasteiger partial charge in [0.15, 0.2) is 0 Å². The normalized spacial score (nSPS) is 12.7. The van der Waals surface area contributed by atoms with Gasteiger partial charge < -0.3 is 5.32 Å². The third-order valence-electron chi connectivity index (χ3n) is 2.11. The summed E-state index contributed by atoms with van der Waals surface area (Å²) >= 11 is 11.9. The van der Waals surface area contributed by atoms with Crippen molar-refractivity contribution in [3.8, 4) is 0 Å². The summed E-state index contributed by atoms with van der Waals surface area (Å²) in [7, 11) is -0.709. The van der Waals surface area contributed by atoms with Crippen LogP contribution in [0.1, 0.15) is 12.0 Å². The van der Waals surface area contributed by atoms with E-state index in [1.54, 1.807) is 18.4 Å². The van der Waals surface area contributed by atoms with Crippen LogP contribution in [0.25, 0.3) is 0 Å². The van der Waals surface area contributed by atoms with Gasteiger partial charge in [-0.15, -0.1) is 0 Å². The average molecular weight is 280 g/mol. The SMILES string of the molecule is CS(=O)CCCNCc1cc(Cl)ccc1Cl. The Morgan fingerprint density at radius 2 is 2.12 bits per heavy atom. The summed E-state index contributed by atoms with van der Waals surface area (Å²) in [5.41, 5.74) is 0.992. The summed E-state index contributed by atoms with van der Waals surface area (Å²) in [6, 6.07) is 5.42. The lowest BCUT2D eigenvalue weighted by Crippen LogP contribution is -2.16. The second-order valence-electron chi connectivity index (χ2n) is 3.54. The van der Waals surface area contributed by atoms with Gasteiger partial charge in [-0.1, -0.05) is 23.2 Å². The Kier molecular flexibility index (Phi) is 6.36. The molecule has 0 aliphatic heterocycles. The molecule has 0 radical (unpaired) electrons. The first kappa shape index (κ1) is 14.0. The van der Waals surface area contributed by atoms with Crippen molar-refractivity contribution in [1.82, 2.24) is 5.32 Å². The summed E-state index contributed by atoms with van der Waals surface area (Å²) in [5, 5.41) is 4.66. The van der Waals surface area contributed by atoms with Crippen LogP contribution < -0.4 is 5.32 Å². The molecule has 1 aromatic carbocycles. The maximum atomic E-state index is 10.8. The Balaban J connectivity index is 2.31. The fourth-order valence-corrected chi connectivity index (χ4v) is 2.23. The standard InChI is InChI=1S/C11H15Cl2NOS/c1-16(15)6-2-5-14-8-9-7-10(12)3-4-11(9)13/h3-4,7,14H,2,5-6,8H2,1H3. The lowest BCUT2D eigenvalue weighted by atomic mass is 10.2. The van der Waals surface area contributed by atoms with Crippen molar-refractivity contribution in [3.63, 3.8) is 0 Å². The van der Waals surface area contributed by atoms with Gasteiger partial charge in [-0.25, -0.2) is 0 Å². The molecule has 1 N–H and O–H groups in total. The monoisotopic (exact) mass is 279 g/mol. The summed E-state index contributed by atoms with van der Waals surface area (Å²) in [5.74, 6) is 0.732. The van der Waals surface area contributed by atoms with Crippen molar-refractivity contribution in [2.75, 3.05) is 18.6 Å². The number of nitrogens with one attached hydrogen (secondary N) is 1. The summed E-state index contributed by atoms with van der Waals surface area (Å²) < 4.78 is 10.8. The van der Waals surface area contributed by atoms with Gasteiger partial charge >= 0.3 is 0 Å². The largest absolute Gasteiger partial charge is 0.313 e. The first-order chi connectivity index (χ1) is 7.59. The van der Waals surface area contributed by atoms with Gasteiger partial charge in [0.25, 0.3) is 0 Å². The van der Waals surface area contributed by atoms with Crippen molar-refractivity contribution in [3.05, 3.63) is 33.8 Å². The highest BCUT2D eigenvalue weighted by Gasteiger charge is 2.00. The van der Waals surface area contributed by atoms with Gasteiger partial charge in [0.2, 0.25) is 0 Å². The van der Waals surface area contributed by atoms with E-state index in [0.29, 0.717) is 11.6 Å². The molecule has 0 aromatic heterocycles. The van der Waals surface area contributed by atoms with E-state index in [1.165, 1.54) is 0 Å². The van der Waals surface area contributed by atoms with Crippen molar-refractivity contribution < 1.29 is 4.21 Å². The lowest BCUT2D eigenvalue weighted by molar-refractivity contribution is 0.662. The molecule has 0 saturated carbocycles. The third-order valence-corrected chi connectivity index (χ3v) is 3.58. The summed E-state index contributed by atoms with van der Waals surface area (Å²) in [6.07, 6.45) is 2.62. The fraction of sp³-hybridized carbons (Fsp3) is 0.455. The van der Waals surface area contributed by atoms with E-state index in [0.717, 1.165) is 29.3 Å². The minimum Gasteiger partial charge on any atom is -0.313 e. The molecule has 90 valence electrons. The predicted molar refractivity (Wildman–Crippen MR) is 71.7 cm³/mol. The topological polar surface area (TPSA) is 29.1 Å². The van der Waals surface area contributed by atoms with Crippen LogP contribution in [0.3, 0.4) is 0 Å². The van der Waals surface area contributed by atoms with E-state index >= 15 is 0 Å². The van der Waals surface area contributed by atoms with Gasteiger partial charge in [0, 0.05) is 39.4 Å². The van der Waals surface area contributed by atoms with Gasteiger partial charge in [-0.2, -0.15) is 0 Å². The molecular weight excluding hydrogens is 265 g/mol. The quantitative estimate of drug-likeness (QED) is 0.812. The molecular formula is C11H15Cl2NOS. The Hall–Kier alpha value is -0.0900. The molecule has 2 nitrogen and oxygen atoms in total. The molecule has 0 aliphatic rings. The molecule has 1 atom stereocenters. The second-order valence-corrected chi connectivity index (χ2v) is 5.94. The molecule has 5 heteroatoms. The number of hydrogen-bond donors (Lipinski definition) is 1. The molecule has 0 bridgehead atoms. The van der Waals surface area contributed by atoms with Crippen molar-refractivity contribution in [1.29, 1.82) is 0 Å². The summed E-state index contributed by atoms with van der Waals surface area (Å²) in [4.78, 5) is 0. The maximum absolute atomic E-state index is 10.8. The van der Waals surface area contributed by atoms with Gasteiger partial charge in [0.1, 0.15) is 0 Å². The second kappa shape index (κ2) is 7.28. The summed E-state index contributed by atoms with van der Waals surface area (Å²) in [6.45, 7) is 1.53. The maximum Gasteiger partial charge on any atom is 0.0451 e. The zero-order chi connectivity index (χ0) is 12.0. The van der Waals surface area contributed by atoms with E-state index in [4.69, 9.17) is 23.2 Å². The number of benzene rings is 1. The van der Waals surface area contributed by atoms with Crippen molar-refractivity contribution in [2.45, 2.75) is 13.0 Å². The van der Waals surface area contributed by atoms with Gasteiger partial charge in [-0.3, -0.25) is 4.21 Å².